The lowest BCUT2D eigenvalue weighted by Crippen LogP contribution is -2.10. The summed E-state index contributed by atoms with van der Waals surface area (Å²) >= 11 is 0. The molecule has 3 heteroatoms. The van der Waals surface area contributed by atoms with Crippen LogP contribution >= 0.6 is 0 Å². The lowest BCUT2D eigenvalue weighted by Gasteiger charge is -2.09. The molecule has 1 unspecified atom stereocenters. The van der Waals surface area contributed by atoms with E-state index in [-0.39, 0.29) is 6.04 Å². The molecule has 68 valence electrons. The molecule has 0 amide bonds. The zero-order valence-electron chi connectivity index (χ0n) is 7.86. The van der Waals surface area contributed by atoms with E-state index in [1.165, 1.54) is 0 Å². The van der Waals surface area contributed by atoms with Crippen molar-refractivity contribution in [1.82, 2.24) is 9.38 Å². The SMILES string of the molecule is Cc1ncc2cccc(C(C)N)n12. The van der Waals surface area contributed by atoms with Crippen LogP contribution in [0.25, 0.3) is 5.52 Å². The van der Waals surface area contributed by atoms with E-state index >= 15 is 0 Å². The summed E-state index contributed by atoms with van der Waals surface area (Å²) in [6.45, 7) is 3.97. The fourth-order valence-electron chi connectivity index (χ4n) is 1.59. The zero-order valence-corrected chi connectivity index (χ0v) is 7.86. The molecule has 13 heavy (non-hydrogen) atoms. The van der Waals surface area contributed by atoms with Gasteiger partial charge in [-0.3, -0.25) is 4.40 Å². The lowest BCUT2D eigenvalue weighted by atomic mass is 10.2. The van der Waals surface area contributed by atoms with Crippen LogP contribution in [0.4, 0.5) is 0 Å². The maximum atomic E-state index is 5.86. The van der Waals surface area contributed by atoms with Crippen molar-refractivity contribution in [2.45, 2.75) is 19.9 Å². The van der Waals surface area contributed by atoms with Gasteiger partial charge in [-0.1, -0.05) is 6.07 Å². The molecule has 0 bridgehead atoms. The average molecular weight is 175 g/mol. The summed E-state index contributed by atoms with van der Waals surface area (Å²) in [5.74, 6) is 0.989. The Kier molecular flexibility index (Phi) is 1.81. The third-order valence-electron chi connectivity index (χ3n) is 2.22. The molecule has 0 radical (unpaired) electrons. The third-order valence-corrected chi connectivity index (χ3v) is 2.22. The Morgan fingerprint density at radius 2 is 2.23 bits per heavy atom. The summed E-state index contributed by atoms with van der Waals surface area (Å²) in [6, 6.07) is 6.12. The summed E-state index contributed by atoms with van der Waals surface area (Å²) in [5, 5.41) is 0. The van der Waals surface area contributed by atoms with Crippen molar-refractivity contribution in [3.05, 3.63) is 35.9 Å². The van der Waals surface area contributed by atoms with Gasteiger partial charge in [0.2, 0.25) is 0 Å². The molecule has 3 nitrogen and oxygen atoms in total. The van der Waals surface area contributed by atoms with Gasteiger partial charge in [-0.2, -0.15) is 0 Å². The molecule has 0 saturated carbocycles. The second-order valence-electron chi connectivity index (χ2n) is 3.31. The lowest BCUT2D eigenvalue weighted by molar-refractivity contribution is 0.753. The van der Waals surface area contributed by atoms with Gasteiger partial charge in [0, 0.05) is 11.7 Å². The largest absolute Gasteiger partial charge is 0.323 e. The number of aromatic nitrogens is 2. The summed E-state index contributed by atoms with van der Waals surface area (Å²) < 4.78 is 2.09. The highest BCUT2D eigenvalue weighted by Crippen LogP contribution is 2.14. The minimum Gasteiger partial charge on any atom is -0.323 e. The number of nitrogens with zero attached hydrogens (tertiary/aromatic N) is 2. The first-order valence-electron chi connectivity index (χ1n) is 4.38. The number of fused-ring (bicyclic) bond motifs is 1. The number of nitrogens with two attached hydrogens (primary N) is 1. The Bertz CT molecular complexity index is 429. The topological polar surface area (TPSA) is 43.3 Å². The summed E-state index contributed by atoms with van der Waals surface area (Å²) in [4.78, 5) is 4.25. The minimum atomic E-state index is 0.0385. The molecule has 0 aliphatic heterocycles. The fourth-order valence-corrected chi connectivity index (χ4v) is 1.59. The van der Waals surface area contributed by atoms with Gasteiger partial charge < -0.3 is 5.73 Å². The predicted octanol–water partition coefficient (Wildman–Crippen LogP) is 1.66. The molecule has 0 fully saturated rings. The first-order chi connectivity index (χ1) is 6.20. The van der Waals surface area contributed by atoms with Crippen LogP contribution in [0.5, 0.6) is 0 Å². The molecule has 2 rings (SSSR count). The number of hydrogen-bond donors (Lipinski definition) is 1. The van der Waals surface area contributed by atoms with Crippen LogP contribution in [0.3, 0.4) is 0 Å². The van der Waals surface area contributed by atoms with Crippen LogP contribution < -0.4 is 5.73 Å². The van der Waals surface area contributed by atoms with E-state index in [0.717, 1.165) is 17.0 Å². The van der Waals surface area contributed by atoms with Gasteiger partial charge in [0.05, 0.1) is 11.7 Å². The highest BCUT2D eigenvalue weighted by atomic mass is 15.0. The van der Waals surface area contributed by atoms with Gasteiger partial charge in [0.15, 0.2) is 0 Å². The predicted molar refractivity (Wildman–Crippen MR) is 52.5 cm³/mol. The normalized spacial score (nSPS) is 13.5. The van der Waals surface area contributed by atoms with E-state index in [9.17, 15) is 0 Å². The smallest absolute Gasteiger partial charge is 0.110 e. The van der Waals surface area contributed by atoms with Crippen molar-refractivity contribution in [2.75, 3.05) is 0 Å². The number of pyridine rings is 1. The number of aryl methyl sites for hydroxylation is 1. The Hall–Kier alpha value is -1.35. The molecule has 2 aromatic heterocycles. The average Bonchev–Trinajstić information content (AvgIpc) is 2.48. The van der Waals surface area contributed by atoms with Gasteiger partial charge in [0.25, 0.3) is 0 Å². The first-order valence-corrected chi connectivity index (χ1v) is 4.38. The molecule has 0 aliphatic rings. The Labute approximate surface area is 77.2 Å². The molecule has 0 spiro atoms. The Morgan fingerprint density at radius 1 is 1.46 bits per heavy atom. The van der Waals surface area contributed by atoms with E-state index < -0.39 is 0 Å². The summed E-state index contributed by atoms with van der Waals surface area (Å²) in [5.41, 5.74) is 8.07. The van der Waals surface area contributed by atoms with Crippen molar-refractivity contribution >= 4 is 5.52 Å². The Morgan fingerprint density at radius 3 is 2.92 bits per heavy atom. The van der Waals surface area contributed by atoms with Gasteiger partial charge in [-0.15, -0.1) is 0 Å². The molecular formula is C10H13N3. The second kappa shape index (κ2) is 2.85. The van der Waals surface area contributed by atoms with Crippen LogP contribution in [0.15, 0.2) is 24.4 Å². The number of imidazole rings is 1. The maximum absolute atomic E-state index is 5.86. The minimum absolute atomic E-state index is 0.0385. The first kappa shape index (κ1) is 8.26. The van der Waals surface area contributed by atoms with Crippen LogP contribution in [0.1, 0.15) is 24.5 Å². The summed E-state index contributed by atoms with van der Waals surface area (Å²) in [6.07, 6.45) is 1.86. The van der Waals surface area contributed by atoms with Gasteiger partial charge in [-0.05, 0) is 26.0 Å². The van der Waals surface area contributed by atoms with E-state index in [0.29, 0.717) is 0 Å². The molecule has 0 aliphatic carbocycles. The van der Waals surface area contributed by atoms with Gasteiger partial charge >= 0.3 is 0 Å². The van der Waals surface area contributed by atoms with Crippen molar-refractivity contribution in [2.24, 2.45) is 5.73 Å². The zero-order chi connectivity index (χ0) is 9.42. The van der Waals surface area contributed by atoms with E-state index in [2.05, 4.69) is 9.38 Å². The summed E-state index contributed by atoms with van der Waals surface area (Å²) in [7, 11) is 0. The molecule has 0 saturated heterocycles. The monoisotopic (exact) mass is 175 g/mol. The highest BCUT2D eigenvalue weighted by Gasteiger charge is 2.06. The second-order valence-corrected chi connectivity index (χ2v) is 3.31. The van der Waals surface area contributed by atoms with E-state index in [4.69, 9.17) is 5.73 Å². The number of rotatable bonds is 1. The molecule has 2 heterocycles. The Balaban J connectivity index is 2.80. The van der Waals surface area contributed by atoms with Crippen molar-refractivity contribution in [3.8, 4) is 0 Å². The van der Waals surface area contributed by atoms with E-state index in [1.807, 2.05) is 38.2 Å². The van der Waals surface area contributed by atoms with E-state index in [1.54, 1.807) is 0 Å². The van der Waals surface area contributed by atoms with Crippen LogP contribution in [0, 0.1) is 6.92 Å². The molecule has 2 N–H and O–H groups in total. The van der Waals surface area contributed by atoms with Crippen molar-refractivity contribution in [1.29, 1.82) is 0 Å². The standard InChI is InChI=1S/C10H13N3/c1-7(11)10-5-3-4-9-6-12-8(2)13(9)10/h3-7H,11H2,1-2H3. The molecule has 2 aromatic rings. The molecule has 1 atom stereocenters. The van der Waals surface area contributed by atoms with Crippen LogP contribution in [-0.4, -0.2) is 9.38 Å². The van der Waals surface area contributed by atoms with Crippen molar-refractivity contribution < 1.29 is 0 Å². The molecule has 0 aromatic carbocycles. The van der Waals surface area contributed by atoms with Gasteiger partial charge in [0.1, 0.15) is 5.82 Å². The van der Waals surface area contributed by atoms with Crippen LogP contribution in [0.2, 0.25) is 0 Å². The van der Waals surface area contributed by atoms with Crippen molar-refractivity contribution in [3.63, 3.8) is 0 Å². The number of hydrogen-bond acceptors (Lipinski definition) is 2. The fraction of sp³-hybridized carbons (Fsp3) is 0.300. The quantitative estimate of drug-likeness (QED) is 0.716. The van der Waals surface area contributed by atoms with Crippen LogP contribution in [-0.2, 0) is 0 Å². The highest BCUT2D eigenvalue weighted by molar-refractivity contribution is 5.47. The van der Waals surface area contributed by atoms with Gasteiger partial charge in [-0.25, -0.2) is 4.98 Å². The maximum Gasteiger partial charge on any atom is 0.110 e. The molecular weight excluding hydrogens is 162 g/mol. The third kappa shape index (κ3) is 1.21.